The van der Waals surface area contributed by atoms with Crippen LogP contribution in [0.1, 0.15) is 35.9 Å². The van der Waals surface area contributed by atoms with E-state index in [1.165, 1.54) is 0 Å². The summed E-state index contributed by atoms with van der Waals surface area (Å²) in [6.45, 7) is 3.95. The Kier molecular flexibility index (Phi) is 4.52. The molecule has 0 atom stereocenters. The number of hydrogen-bond donors (Lipinski definition) is 3. The van der Waals surface area contributed by atoms with Crippen molar-refractivity contribution in [3.05, 3.63) is 34.1 Å². The van der Waals surface area contributed by atoms with Gasteiger partial charge >= 0.3 is 0 Å². The molecule has 0 bridgehead atoms. The second-order valence-corrected chi connectivity index (χ2v) is 5.77. The first-order valence-electron chi connectivity index (χ1n) is 6.42. The van der Waals surface area contributed by atoms with Crippen LogP contribution in [0.2, 0.25) is 0 Å². The fraction of sp³-hybridized carbons (Fsp3) is 0.286. The molecule has 1 aromatic heterocycles. The lowest BCUT2D eigenvalue weighted by Crippen LogP contribution is -2.15. The number of aromatic nitrogens is 2. The van der Waals surface area contributed by atoms with Gasteiger partial charge in [-0.3, -0.25) is 9.89 Å². The number of H-pyrrole nitrogens is 1. The van der Waals surface area contributed by atoms with E-state index in [1.807, 2.05) is 19.9 Å². The third-order valence-electron chi connectivity index (χ3n) is 3.04. The molecule has 1 aromatic carbocycles. The van der Waals surface area contributed by atoms with Crippen molar-refractivity contribution >= 4 is 33.2 Å². The Bertz CT molecular complexity index is 667. The van der Waals surface area contributed by atoms with Gasteiger partial charge in [0.25, 0.3) is 5.91 Å². The first kappa shape index (κ1) is 15.4. The fourth-order valence-electron chi connectivity index (χ4n) is 1.94. The maximum absolute atomic E-state index is 12.3. The van der Waals surface area contributed by atoms with Crippen LogP contribution in [0.5, 0.6) is 5.75 Å². The van der Waals surface area contributed by atoms with Crippen molar-refractivity contribution in [3.63, 3.8) is 0 Å². The largest absolute Gasteiger partial charge is 0.495 e. The molecule has 0 aliphatic rings. The highest BCUT2D eigenvalue weighted by Gasteiger charge is 2.20. The number of ether oxygens (including phenoxy) is 1. The number of carbonyl (C=O) groups excluding carboxylic acids is 1. The van der Waals surface area contributed by atoms with E-state index in [1.54, 1.807) is 19.2 Å². The third kappa shape index (κ3) is 3.18. The highest BCUT2D eigenvalue weighted by Crippen LogP contribution is 2.29. The number of nitrogen functional groups attached to an aromatic ring is 1. The number of nitrogens with zero attached hydrogens (tertiary/aromatic N) is 1. The molecule has 4 N–H and O–H groups in total. The number of carbonyl (C=O) groups is 1. The smallest absolute Gasteiger partial charge is 0.278 e. The van der Waals surface area contributed by atoms with Crippen molar-refractivity contribution < 1.29 is 9.53 Å². The van der Waals surface area contributed by atoms with Gasteiger partial charge in [0.15, 0.2) is 5.69 Å². The number of aromatic amines is 1. The van der Waals surface area contributed by atoms with Crippen LogP contribution in [0.4, 0.5) is 11.4 Å². The first-order chi connectivity index (χ1) is 9.93. The molecule has 7 heteroatoms. The van der Waals surface area contributed by atoms with Crippen LogP contribution in [0, 0.1) is 0 Å². The molecule has 0 aliphatic carbocycles. The summed E-state index contributed by atoms with van der Waals surface area (Å²) in [5, 5.41) is 9.56. The Morgan fingerprint density at radius 1 is 1.48 bits per heavy atom. The molecule has 0 radical (unpaired) electrons. The van der Waals surface area contributed by atoms with Crippen molar-refractivity contribution in [3.8, 4) is 5.75 Å². The van der Waals surface area contributed by atoms with Crippen LogP contribution >= 0.6 is 15.9 Å². The van der Waals surface area contributed by atoms with Crippen LogP contribution in [0.15, 0.2) is 22.7 Å². The number of amides is 1. The SMILES string of the molecule is COc1ccc(Br)cc1NC(=O)c1n[nH]c(C(C)C)c1N. The van der Waals surface area contributed by atoms with E-state index < -0.39 is 0 Å². The average molecular weight is 353 g/mol. The predicted molar refractivity (Wildman–Crippen MR) is 85.7 cm³/mol. The molecule has 0 saturated heterocycles. The van der Waals surface area contributed by atoms with Crippen LogP contribution in [0.3, 0.4) is 0 Å². The van der Waals surface area contributed by atoms with Crippen molar-refractivity contribution in [1.82, 2.24) is 10.2 Å². The summed E-state index contributed by atoms with van der Waals surface area (Å²) < 4.78 is 6.05. The maximum atomic E-state index is 12.3. The second-order valence-electron chi connectivity index (χ2n) is 4.85. The van der Waals surface area contributed by atoms with Crippen molar-refractivity contribution in [2.24, 2.45) is 0 Å². The lowest BCUT2D eigenvalue weighted by molar-refractivity contribution is 0.102. The predicted octanol–water partition coefficient (Wildman–Crippen LogP) is 3.14. The van der Waals surface area contributed by atoms with E-state index in [0.717, 1.165) is 10.2 Å². The van der Waals surface area contributed by atoms with Gasteiger partial charge in [-0.25, -0.2) is 0 Å². The van der Waals surface area contributed by atoms with Gasteiger partial charge < -0.3 is 15.8 Å². The minimum atomic E-state index is -0.382. The molecule has 0 aliphatic heterocycles. The summed E-state index contributed by atoms with van der Waals surface area (Å²) in [6, 6.07) is 5.34. The Morgan fingerprint density at radius 3 is 2.76 bits per heavy atom. The molecule has 2 aromatic rings. The highest BCUT2D eigenvalue weighted by atomic mass is 79.9. The molecule has 0 fully saturated rings. The molecule has 112 valence electrons. The number of anilines is 2. The molecule has 1 amide bonds. The van der Waals surface area contributed by atoms with Gasteiger partial charge in [0.05, 0.1) is 24.2 Å². The average Bonchev–Trinajstić information content (AvgIpc) is 2.81. The number of halogens is 1. The quantitative estimate of drug-likeness (QED) is 0.787. The minimum Gasteiger partial charge on any atom is -0.495 e. The van der Waals surface area contributed by atoms with Crippen LogP contribution < -0.4 is 15.8 Å². The standard InChI is InChI=1S/C14H17BrN4O2/c1-7(2)12-11(16)13(19-18-12)14(20)17-9-6-8(15)4-5-10(9)21-3/h4-7H,16H2,1-3H3,(H,17,20)(H,18,19). The zero-order valence-corrected chi connectivity index (χ0v) is 13.6. The summed E-state index contributed by atoms with van der Waals surface area (Å²) >= 11 is 3.36. The molecule has 0 unspecified atom stereocenters. The molecule has 0 saturated carbocycles. The molecule has 6 nitrogen and oxygen atoms in total. The van der Waals surface area contributed by atoms with Gasteiger partial charge in [-0.1, -0.05) is 29.8 Å². The summed E-state index contributed by atoms with van der Waals surface area (Å²) in [5.74, 6) is 0.344. The topological polar surface area (TPSA) is 93.0 Å². The van der Waals surface area contributed by atoms with E-state index >= 15 is 0 Å². The number of methoxy groups -OCH3 is 1. The van der Waals surface area contributed by atoms with Crippen molar-refractivity contribution in [2.75, 3.05) is 18.2 Å². The Hall–Kier alpha value is -2.02. The lowest BCUT2D eigenvalue weighted by Gasteiger charge is -2.10. The molecule has 1 heterocycles. The van der Waals surface area contributed by atoms with E-state index in [9.17, 15) is 4.79 Å². The Labute approximate surface area is 131 Å². The first-order valence-corrected chi connectivity index (χ1v) is 7.22. The number of nitrogens with one attached hydrogen (secondary N) is 2. The summed E-state index contributed by atoms with van der Waals surface area (Å²) in [7, 11) is 1.54. The van der Waals surface area contributed by atoms with Crippen LogP contribution in [-0.2, 0) is 0 Å². The summed E-state index contributed by atoms with van der Waals surface area (Å²) in [4.78, 5) is 12.3. The van der Waals surface area contributed by atoms with Crippen LogP contribution in [-0.4, -0.2) is 23.2 Å². The normalized spacial score (nSPS) is 10.7. The van der Waals surface area contributed by atoms with E-state index in [-0.39, 0.29) is 17.5 Å². The third-order valence-corrected chi connectivity index (χ3v) is 3.53. The zero-order valence-electron chi connectivity index (χ0n) is 12.0. The van der Waals surface area contributed by atoms with Crippen molar-refractivity contribution in [1.29, 1.82) is 0 Å². The Morgan fingerprint density at radius 2 is 2.19 bits per heavy atom. The lowest BCUT2D eigenvalue weighted by atomic mass is 10.1. The maximum Gasteiger partial charge on any atom is 0.278 e. The van der Waals surface area contributed by atoms with Gasteiger partial charge in [0, 0.05) is 4.47 Å². The molecular formula is C14H17BrN4O2. The fourth-order valence-corrected chi connectivity index (χ4v) is 2.30. The zero-order chi connectivity index (χ0) is 15.6. The van der Waals surface area contributed by atoms with Gasteiger partial charge in [0.2, 0.25) is 0 Å². The van der Waals surface area contributed by atoms with Gasteiger partial charge in [-0.05, 0) is 24.1 Å². The highest BCUT2D eigenvalue weighted by molar-refractivity contribution is 9.10. The second kappa shape index (κ2) is 6.17. The van der Waals surface area contributed by atoms with E-state index in [0.29, 0.717) is 17.1 Å². The summed E-state index contributed by atoms with van der Waals surface area (Å²) in [5.41, 5.74) is 7.82. The van der Waals surface area contributed by atoms with Crippen molar-refractivity contribution in [2.45, 2.75) is 19.8 Å². The Balaban J connectivity index is 2.28. The number of nitrogens with two attached hydrogens (primary N) is 1. The van der Waals surface area contributed by atoms with Gasteiger partial charge in [-0.2, -0.15) is 5.10 Å². The number of hydrogen-bond acceptors (Lipinski definition) is 4. The van der Waals surface area contributed by atoms with E-state index in [4.69, 9.17) is 10.5 Å². The number of rotatable bonds is 4. The molecule has 0 spiro atoms. The van der Waals surface area contributed by atoms with E-state index in [2.05, 4.69) is 31.4 Å². The molecule has 2 rings (SSSR count). The molecular weight excluding hydrogens is 336 g/mol. The van der Waals surface area contributed by atoms with Crippen LogP contribution in [0.25, 0.3) is 0 Å². The number of benzene rings is 1. The van der Waals surface area contributed by atoms with Gasteiger partial charge in [-0.15, -0.1) is 0 Å². The molecule has 21 heavy (non-hydrogen) atoms. The summed E-state index contributed by atoms with van der Waals surface area (Å²) in [6.07, 6.45) is 0. The monoisotopic (exact) mass is 352 g/mol. The van der Waals surface area contributed by atoms with Gasteiger partial charge in [0.1, 0.15) is 5.75 Å². The minimum absolute atomic E-state index is 0.166.